The van der Waals surface area contributed by atoms with Gasteiger partial charge in [0.2, 0.25) is 0 Å². The van der Waals surface area contributed by atoms with Crippen molar-refractivity contribution < 1.29 is 0 Å². The Bertz CT molecular complexity index is 1380. The molecule has 0 saturated heterocycles. The Morgan fingerprint density at radius 3 is 1.81 bits per heavy atom. The van der Waals surface area contributed by atoms with Crippen molar-refractivity contribution >= 4 is 43.1 Å². The van der Waals surface area contributed by atoms with E-state index >= 15 is 0 Å². The number of fused-ring (bicyclic) bond motifs is 4. The Balaban J connectivity index is 1.59. The second-order valence-corrected chi connectivity index (χ2v) is 10.3. The van der Waals surface area contributed by atoms with Crippen LogP contribution in [0.15, 0.2) is 78.9 Å². The summed E-state index contributed by atoms with van der Waals surface area (Å²) in [5.74, 6) is 0. The van der Waals surface area contributed by atoms with Gasteiger partial charge in [0.1, 0.15) is 0 Å². The van der Waals surface area contributed by atoms with Gasteiger partial charge in [-0.05, 0) is 104 Å². The average Bonchev–Trinajstić information content (AvgIpc) is 2.75. The predicted octanol–water partition coefficient (Wildman–Crippen LogP) is 9.45. The van der Waals surface area contributed by atoms with Gasteiger partial charge >= 0.3 is 0 Å². The molecule has 31 heavy (non-hydrogen) atoms. The summed E-state index contributed by atoms with van der Waals surface area (Å²) < 4.78 is 0. The zero-order valence-electron chi connectivity index (χ0n) is 19.0. The van der Waals surface area contributed by atoms with Crippen LogP contribution in [0, 0.1) is 5.41 Å². The quantitative estimate of drug-likeness (QED) is 0.202. The van der Waals surface area contributed by atoms with Gasteiger partial charge in [0.15, 0.2) is 0 Å². The molecule has 0 spiro atoms. The van der Waals surface area contributed by atoms with Crippen LogP contribution in [0.2, 0.25) is 0 Å². The Labute approximate surface area is 185 Å². The van der Waals surface area contributed by atoms with Crippen LogP contribution in [0.4, 0.5) is 0 Å². The third-order valence-electron chi connectivity index (χ3n) is 6.65. The summed E-state index contributed by atoms with van der Waals surface area (Å²) >= 11 is 0. The van der Waals surface area contributed by atoms with E-state index in [-0.39, 0.29) is 0 Å². The van der Waals surface area contributed by atoms with Crippen LogP contribution in [0.3, 0.4) is 0 Å². The van der Waals surface area contributed by atoms with Crippen LogP contribution in [0.25, 0.3) is 43.1 Å². The molecule has 0 unspecified atom stereocenters. The lowest BCUT2D eigenvalue weighted by Crippen LogP contribution is -2.04. The molecule has 0 aromatic heterocycles. The van der Waals surface area contributed by atoms with E-state index in [1.807, 2.05) is 0 Å². The fraction of sp³-hybridized carbons (Fsp3) is 0.290. The van der Waals surface area contributed by atoms with Gasteiger partial charge in [0.25, 0.3) is 0 Å². The lowest BCUT2D eigenvalue weighted by Gasteiger charge is -2.18. The molecule has 0 bridgehead atoms. The highest BCUT2D eigenvalue weighted by molar-refractivity contribution is 6.10. The highest BCUT2D eigenvalue weighted by Crippen LogP contribution is 2.34. The molecule has 0 aliphatic heterocycles. The molecule has 0 atom stereocenters. The van der Waals surface area contributed by atoms with Gasteiger partial charge in [-0.25, -0.2) is 0 Å². The van der Waals surface area contributed by atoms with Crippen molar-refractivity contribution in [3.8, 4) is 0 Å². The van der Waals surface area contributed by atoms with Gasteiger partial charge in [-0.1, -0.05) is 82.1 Å². The van der Waals surface area contributed by atoms with Crippen molar-refractivity contribution in [3.63, 3.8) is 0 Å². The van der Waals surface area contributed by atoms with E-state index in [2.05, 4.69) is 99.6 Å². The first kappa shape index (κ1) is 20.1. The second kappa shape index (κ2) is 8.00. The van der Waals surface area contributed by atoms with Crippen molar-refractivity contribution in [2.45, 2.75) is 52.9 Å². The summed E-state index contributed by atoms with van der Waals surface area (Å²) in [6.07, 6.45) is 6.35. The number of rotatable bonds is 5. The standard InChI is InChI=1S/C31H32/c1-31(2,3)16-10-4-5-15-29-28-14-9-8-13-24(28)19-27-20-25-17-22-11-6-7-12-23(22)18-26(25)21-30(27)29/h6-9,11-14,17-21H,4-5,10,15-16H2,1-3H3. The van der Waals surface area contributed by atoms with Crippen molar-refractivity contribution in [1.29, 1.82) is 0 Å². The fourth-order valence-electron chi connectivity index (χ4n) is 5.00. The molecule has 0 heteroatoms. The molecule has 5 rings (SSSR count). The monoisotopic (exact) mass is 404 g/mol. The van der Waals surface area contributed by atoms with Crippen LogP contribution in [-0.2, 0) is 6.42 Å². The zero-order chi connectivity index (χ0) is 21.4. The molecule has 0 nitrogen and oxygen atoms in total. The van der Waals surface area contributed by atoms with Gasteiger partial charge in [0, 0.05) is 0 Å². The predicted molar refractivity (Wildman–Crippen MR) is 138 cm³/mol. The minimum absolute atomic E-state index is 0.438. The first-order valence-electron chi connectivity index (χ1n) is 11.7. The summed E-state index contributed by atoms with van der Waals surface area (Å²) in [6, 6.07) is 29.5. The van der Waals surface area contributed by atoms with Crippen LogP contribution in [-0.4, -0.2) is 0 Å². The second-order valence-electron chi connectivity index (χ2n) is 10.3. The molecule has 0 fully saturated rings. The summed E-state index contributed by atoms with van der Waals surface area (Å²) in [6.45, 7) is 7.04. The van der Waals surface area contributed by atoms with Crippen molar-refractivity contribution in [2.75, 3.05) is 0 Å². The van der Waals surface area contributed by atoms with Crippen molar-refractivity contribution in [3.05, 3.63) is 84.4 Å². The Morgan fingerprint density at radius 2 is 1.10 bits per heavy atom. The molecule has 0 aliphatic rings. The summed E-state index contributed by atoms with van der Waals surface area (Å²) in [4.78, 5) is 0. The maximum atomic E-state index is 2.44. The fourth-order valence-corrected chi connectivity index (χ4v) is 5.00. The normalized spacial score (nSPS) is 12.4. The van der Waals surface area contributed by atoms with Crippen molar-refractivity contribution in [2.24, 2.45) is 5.41 Å². The number of aryl methyl sites for hydroxylation is 1. The SMILES string of the molecule is CC(C)(C)CCCCCc1c2ccccc2cc2cc3cc4ccccc4cc3cc12. The Kier molecular flexibility index (Phi) is 5.18. The van der Waals surface area contributed by atoms with Crippen molar-refractivity contribution in [1.82, 2.24) is 0 Å². The molecule has 5 aromatic carbocycles. The van der Waals surface area contributed by atoms with E-state index < -0.39 is 0 Å². The summed E-state index contributed by atoms with van der Waals surface area (Å²) in [5, 5.41) is 10.9. The van der Waals surface area contributed by atoms with Gasteiger partial charge < -0.3 is 0 Å². The molecule has 5 aromatic rings. The zero-order valence-corrected chi connectivity index (χ0v) is 19.0. The maximum absolute atomic E-state index is 2.44. The van der Waals surface area contributed by atoms with Crippen LogP contribution in [0.1, 0.15) is 52.0 Å². The average molecular weight is 405 g/mol. The molecule has 0 heterocycles. The molecular formula is C31H32. The van der Waals surface area contributed by atoms with E-state index in [0.29, 0.717) is 5.41 Å². The van der Waals surface area contributed by atoms with Gasteiger partial charge in [-0.3, -0.25) is 0 Å². The lowest BCUT2D eigenvalue weighted by molar-refractivity contribution is 0.358. The maximum Gasteiger partial charge on any atom is -0.0139 e. The van der Waals surface area contributed by atoms with E-state index in [9.17, 15) is 0 Å². The third kappa shape index (κ3) is 4.17. The molecular weight excluding hydrogens is 372 g/mol. The molecule has 0 amide bonds. The van der Waals surface area contributed by atoms with E-state index in [1.54, 1.807) is 0 Å². The van der Waals surface area contributed by atoms with Gasteiger partial charge in [-0.2, -0.15) is 0 Å². The van der Waals surface area contributed by atoms with Crippen LogP contribution in [0.5, 0.6) is 0 Å². The Morgan fingerprint density at radius 1 is 0.516 bits per heavy atom. The number of hydrogen-bond donors (Lipinski definition) is 0. The van der Waals surface area contributed by atoms with E-state index in [0.717, 1.165) is 6.42 Å². The highest BCUT2D eigenvalue weighted by Gasteiger charge is 2.11. The molecule has 156 valence electrons. The minimum atomic E-state index is 0.438. The van der Waals surface area contributed by atoms with Gasteiger partial charge in [0.05, 0.1) is 0 Å². The smallest absolute Gasteiger partial charge is 0.0139 e. The number of benzene rings is 5. The molecule has 0 aliphatic carbocycles. The first-order valence-corrected chi connectivity index (χ1v) is 11.7. The number of hydrogen-bond acceptors (Lipinski definition) is 0. The summed E-state index contributed by atoms with van der Waals surface area (Å²) in [5.41, 5.74) is 1.97. The van der Waals surface area contributed by atoms with Gasteiger partial charge in [-0.15, -0.1) is 0 Å². The number of unbranched alkanes of at least 4 members (excludes halogenated alkanes) is 2. The molecule has 0 saturated carbocycles. The molecule has 0 radical (unpaired) electrons. The topological polar surface area (TPSA) is 0 Å². The molecule has 0 N–H and O–H groups in total. The highest BCUT2D eigenvalue weighted by atomic mass is 14.2. The first-order chi connectivity index (χ1) is 15.0. The Hall–Kier alpha value is -2.86. The summed E-state index contributed by atoms with van der Waals surface area (Å²) in [7, 11) is 0. The largest absolute Gasteiger partial charge is 0.0616 e. The van der Waals surface area contributed by atoms with Crippen LogP contribution >= 0.6 is 0 Å². The van der Waals surface area contributed by atoms with E-state index in [1.165, 1.54) is 74.3 Å². The lowest BCUT2D eigenvalue weighted by atomic mass is 9.88. The third-order valence-corrected chi connectivity index (χ3v) is 6.65. The van der Waals surface area contributed by atoms with Crippen LogP contribution < -0.4 is 0 Å². The van der Waals surface area contributed by atoms with E-state index in [4.69, 9.17) is 0 Å². The minimum Gasteiger partial charge on any atom is -0.0616 e.